The molecule has 1 aliphatic heterocycles. The summed E-state index contributed by atoms with van der Waals surface area (Å²) in [5, 5.41) is 13.2. The number of alkyl halides is 1. The van der Waals surface area contributed by atoms with Gasteiger partial charge in [0.1, 0.15) is 6.67 Å². The van der Waals surface area contributed by atoms with E-state index < -0.39 is 6.67 Å². The number of hydrogen-bond donors (Lipinski definition) is 2. The van der Waals surface area contributed by atoms with Gasteiger partial charge in [0.25, 0.3) is 0 Å². The van der Waals surface area contributed by atoms with Crippen molar-refractivity contribution in [3.8, 4) is 11.5 Å². The number of benzene rings is 1. The molecule has 9 heteroatoms. The van der Waals surface area contributed by atoms with Crippen LogP contribution in [-0.2, 0) is 0 Å². The molecule has 0 spiro atoms. The van der Waals surface area contributed by atoms with Gasteiger partial charge in [-0.15, -0.1) is 24.8 Å². The van der Waals surface area contributed by atoms with Crippen LogP contribution in [0.1, 0.15) is 11.6 Å². The van der Waals surface area contributed by atoms with Gasteiger partial charge in [0.2, 0.25) is 0 Å². The Hall–Kier alpha value is 0.210. The standard InChI is InChI=1S/C13H17Br2FN2O2.2ClH/c1-20-10-6-8(11(14)12(15)13(10)19)9(7-16)18-4-2-17-3-5-18;;/h6,9,17,19H,2-5,7H2,1H3;2*1H/t9-;;/m1../s1. The van der Waals surface area contributed by atoms with Crippen LogP contribution >= 0.6 is 56.7 Å². The van der Waals surface area contributed by atoms with Crippen LogP contribution in [-0.4, -0.2) is 50.0 Å². The van der Waals surface area contributed by atoms with Gasteiger partial charge in [-0.2, -0.15) is 0 Å². The number of nitrogens with zero attached hydrogens (tertiary/aromatic N) is 1. The van der Waals surface area contributed by atoms with Crippen molar-refractivity contribution in [2.45, 2.75) is 6.04 Å². The van der Waals surface area contributed by atoms with Gasteiger partial charge in [0.15, 0.2) is 11.5 Å². The number of piperazine rings is 1. The van der Waals surface area contributed by atoms with Gasteiger partial charge in [-0.1, -0.05) is 0 Å². The Morgan fingerprint density at radius 1 is 1.32 bits per heavy atom. The molecule has 0 unspecified atom stereocenters. The van der Waals surface area contributed by atoms with E-state index in [0.29, 0.717) is 14.7 Å². The maximum absolute atomic E-state index is 13.6. The molecule has 0 aliphatic carbocycles. The number of phenolic OH excluding ortho intramolecular Hbond substituents is 1. The molecule has 1 aromatic rings. The van der Waals surface area contributed by atoms with Crippen LogP contribution in [0, 0.1) is 0 Å². The van der Waals surface area contributed by atoms with Crippen molar-refractivity contribution < 1.29 is 14.2 Å². The van der Waals surface area contributed by atoms with Gasteiger partial charge in [0.05, 0.1) is 17.6 Å². The molecule has 1 atom stereocenters. The lowest BCUT2D eigenvalue weighted by molar-refractivity contribution is 0.146. The van der Waals surface area contributed by atoms with Gasteiger partial charge < -0.3 is 15.2 Å². The number of hydrogen-bond acceptors (Lipinski definition) is 4. The van der Waals surface area contributed by atoms with Gasteiger partial charge in [0, 0.05) is 30.7 Å². The zero-order valence-electron chi connectivity index (χ0n) is 11.9. The summed E-state index contributed by atoms with van der Waals surface area (Å²) in [6, 6.07) is 1.34. The molecular formula is C13H19Br2Cl2FN2O2. The maximum atomic E-state index is 13.6. The Morgan fingerprint density at radius 2 is 1.91 bits per heavy atom. The molecule has 1 fully saturated rings. The predicted octanol–water partition coefficient (Wildman–Crippen LogP) is 3.69. The Kier molecular flexibility index (Phi) is 10.3. The number of phenols is 1. The fraction of sp³-hybridized carbons (Fsp3) is 0.538. The predicted molar refractivity (Wildman–Crippen MR) is 97.7 cm³/mol. The summed E-state index contributed by atoms with van der Waals surface area (Å²) in [5.41, 5.74) is 0.774. The normalized spacial score (nSPS) is 16.4. The molecule has 0 bridgehead atoms. The first-order valence-corrected chi connectivity index (χ1v) is 7.94. The first-order valence-electron chi connectivity index (χ1n) is 6.35. The largest absolute Gasteiger partial charge is 0.503 e. The fourth-order valence-corrected chi connectivity index (χ4v) is 3.37. The average molecular weight is 485 g/mol. The third kappa shape index (κ3) is 4.61. The zero-order valence-corrected chi connectivity index (χ0v) is 16.7. The second-order valence-corrected chi connectivity index (χ2v) is 6.19. The lowest BCUT2D eigenvalue weighted by Gasteiger charge is -2.34. The maximum Gasteiger partial charge on any atom is 0.173 e. The summed E-state index contributed by atoms with van der Waals surface area (Å²) in [6.07, 6.45) is 0. The van der Waals surface area contributed by atoms with Crippen LogP contribution in [0.3, 0.4) is 0 Å². The summed E-state index contributed by atoms with van der Waals surface area (Å²) >= 11 is 6.74. The molecule has 1 aliphatic rings. The van der Waals surface area contributed by atoms with Gasteiger partial charge in [-0.3, -0.25) is 4.90 Å². The van der Waals surface area contributed by atoms with Gasteiger partial charge in [-0.25, -0.2) is 4.39 Å². The number of halogens is 5. The minimum Gasteiger partial charge on any atom is -0.503 e. The smallest absolute Gasteiger partial charge is 0.173 e. The minimum absolute atomic E-state index is 0. The van der Waals surface area contributed by atoms with Gasteiger partial charge >= 0.3 is 0 Å². The van der Waals surface area contributed by atoms with E-state index in [1.54, 1.807) is 6.07 Å². The van der Waals surface area contributed by atoms with Crippen molar-refractivity contribution in [2.24, 2.45) is 0 Å². The van der Waals surface area contributed by atoms with E-state index >= 15 is 0 Å². The number of rotatable bonds is 4. The monoisotopic (exact) mass is 482 g/mol. The molecule has 1 aromatic carbocycles. The highest BCUT2D eigenvalue weighted by molar-refractivity contribution is 9.13. The van der Waals surface area contributed by atoms with Crippen molar-refractivity contribution >= 4 is 56.7 Å². The fourth-order valence-electron chi connectivity index (χ4n) is 2.38. The molecule has 2 rings (SSSR count). The van der Waals surface area contributed by atoms with E-state index in [-0.39, 0.29) is 36.6 Å². The van der Waals surface area contributed by atoms with Gasteiger partial charge in [-0.05, 0) is 43.5 Å². The van der Waals surface area contributed by atoms with E-state index in [0.717, 1.165) is 31.7 Å². The van der Waals surface area contributed by atoms with Crippen molar-refractivity contribution in [3.63, 3.8) is 0 Å². The first kappa shape index (κ1) is 22.2. The van der Waals surface area contributed by atoms with Crippen LogP contribution in [0.25, 0.3) is 0 Å². The summed E-state index contributed by atoms with van der Waals surface area (Å²) in [5.74, 6) is 0.352. The second-order valence-electron chi connectivity index (χ2n) is 4.60. The van der Waals surface area contributed by atoms with E-state index in [2.05, 4.69) is 42.1 Å². The van der Waals surface area contributed by atoms with Crippen LogP contribution in [0.4, 0.5) is 4.39 Å². The van der Waals surface area contributed by atoms with Crippen LogP contribution in [0.15, 0.2) is 15.0 Å². The Morgan fingerprint density at radius 3 is 2.41 bits per heavy atom. The van der Waals surface area contributed by atoms with E-state index in [1.807, 2.05) is 0 Å². The molecule has 2 N–H and O–H groups in total. The highest BCUT2D eigenvalue weighted by Crippen LogP contribution is 2.44. The lowest BCUT2D eigenvalue weighted by atomic mass is 10.0. The van der Waals surface area contributed by atoms with Crippen LogP contribution in [0.2, 0.25) is 0 Å². The van der Waals surface area contributed by atoms with E-state index in [4.69, 9.17) is 4.74 Å². The summed E-state index contributed by atoms with van der Waals surface area (Å²) in [6.45, 7) is 2.80. The molecule has 1 saturated heterocycles. The number of ether oxygens (including phenoxy) is 1. The van der Waals surface area contributed by atoms with E-state index in [9.17, 15) is 9.50 Å². The van der Waals surface area contributed by atoms with Crippen molar-refractivity contribution in [1.82, 2.24) is 10.2 Å². The number of nitrogens with one attached hydrogen (secondary N) is 1. The molecule has 0 radical (unpaired) electrons. The highest BCUT2D eigenvalue weighted by atomic mass is 79.9. The Bertz CT molecular complexity index is 492. The molecule has 128 valence electrons. The minimum atomic E-state index is -0.487. The second kappa shape index (κ2) is 10.2. The van der Waals surface area contributed by atoms with Crippen molar-refractivity contribution in [2.75, 3.05) is 40.0 Å². The molecule has 0 saturated carbocycles. The number of methoxy groups -OCH3 is 1. The first-order chi connectivity index (χ1) is 9.60. The van der Waals surface area contributed by atoms with Crippen LogP contribution < -0.4 is 10.1 Å². The summed E-state index contributed by atoms with van der Waals surface area (Å²) in [4.78, 5) is 2.10. The Labute approximate surface area is 158 Å². The zero-order chi connectivity index (χ0) is 14.7. The molecule has 4 nitrogen and oxygen atoms in total. The quantitative estimate of drug-likeness (QED) is 0.684. The molecule has 22 heavy (non-hydrogen) atoms. The lowest BCUT2D eigenvalue weighted by Crippen LogP contribution is -2.45. The SMILES string of the molecule is COc1cc([C@@H](CF)N2CCNCC2)c(Br)c(Br)c1O.Cl.Cl. The third-order valence-corrected chi connectivity index (χ3v) is 5.65. The topological polar surface area (TPSA) is 44.7 Å². The third-order valence-electron chi connectivity index (χ3n) is 3.49. The molecule has 1 heterocycles. The average Bonchev–Trinajstić information content (AvgIpc) is 2.49. The Balaban J connectivity index is 0.00000220. The highest BCUT2D eigenvalue weighted by Gasteiger charge is 2.27. The van der Waals surface area contributed by atoms with Crippen molar-refractivity contribution in [3.05, 3.63) is 20.6 Å². The van der Waals surface area contributed by atoms with E-state index in [1.165, 1.54) is 7.11 Å². The molecule has 0 amide bonds. The van der Waals surface area contributed by atoms with Crippen LogP contribution in [0.5, 0.6) is 11.5 Å². The molecule has 0 aromatic heterocycles. The number of aromatic hydroxyl groups is 1. The summed E-state index contributed by atoms with van der Waals surface area (Å²) < 4.78 is 19.9. The summed E-state index contributed by atoms with van der Waals surface area (Å²) in [7, 11) is 1.48. The van der Waals surface area contributed by atoms with Crippen molar-refractivity contribution in [1.29, 1.82) is 0 Å². The molecular weight excluding hydrogens is 466 g/mol.